The molecule has 2 aliphatic heterocycles. The first kappa shape index (κ1) is 25.6. The summed E-state index contributed by atoms with van der Waals surface area (Å²) in [5.41, 5.74) is 1.86. The second kappa shape index (κ2) is 11.6. The van der Waals surface area contributed by atoms with Crippen LogP contribution in [0.2, 0.25) is 0 Å². The average Bonchev–Trinajstić information content (AvgIpc) is 3.59. The fourth-order valence-corrected chi connectivity index (χ4v) is 5.65. The molecule has 2 fully saturated rings. The minimum atomic E-state index is -0.325. The molecule has 1 aromatic carbocycles. The molecular formula is C27H31N7O4S. The molecule has 2 aliphatic rings. The number of nitrogens with one attached hydrogen (secondary N) is 2. The summed E-state index contributed by atoms with van der Waals surface area (Å²) >= 11 is 1.29. The second-order valence-electron chi connectivity index (χ2n) is 9.47. The Bertz CT molecular complexity index is 1440. The fraction of sp³-hybridized carbons (Fsp3) is 0.370. The van der Waals surface area contributed by atoms with E-state index in [1.54, 1.807) is 22.3 Å². The normalized spacial score (nSPS) is 16.5. The maximum absolute atomic E-state index is 13.1. The van der Waals surface area contributed by atoms with Crippen molar-refractivity contribution in [3.63, 3.8) is 0 Å². The summed E-state index contributed by atoms with van der Waals surface area (Å²) in [6, 6.07) is 7.52. The number of aromatic nitrogens is 3. The van der Waals surface area contributed by atoms with Gasteiger partial charge in [-0.1, -0.05) is 0 Å². The van der Waals surface area contributed by atoms with E-state index >= 15 is 0 Å². The lowest BCUT2D eigenvalue weighted by Crippen LogP contribution is -2.43. The molecular weight excluding hydrogens is 518 g/mol. The van der Waals surface area contributed by atoms with Gasteiger partial charge in [-0.15, -0.1) is 11.3 Å². The third kappa shape index (κ3) is 5.69. The molecule has 4 aromatic rings. The van der Waals surface area contributed by atoms with Crippen LogP contribution in [-0.4, -0.2) is 96.1 Å². The molecule has 6 rings (SSSR count). The van der Waals surface area contributed by atoms with E-state index in [0.29, 0.717) is 22.8 Å². The van der Waals surface area contributed by atoms with E-state index in [-0.39, 0.29) is 17.5 Å². The van der Waals surface area contributed by atoms with Crippen LogP contribution < -0.4 is 20.3 Å². The molecule has 1 amide bonds. The van der Waals surface area contributed by atoms with E-state index < -0.39 is 0 Å². The first-order valence-electron chi connectivity index (χ1n) is 13.1. The molecule has 0 spiro atoms. The number of aromatic hydroxyl groups is 1. The van der Waals surface area contributed by atoms with Crippen molar-refractivity contribution in [1.29, 1.82) is 0 Å². The van der Waals surface area contributed by atoms with Crippen LogP contribution in [0.4, 0.5) is 11.4 Å². The molecule has 2 saturated heterocycles. The summed E-state index contributed by atoms with van der Waals surface area (Å²) in [6.07, 6.45) is 5.20. The van der Waals surface area contributed by atoms with Crippen molar-refractivity contribution in [1.82, 2.24) is 24.8 Å². The van der Waals surface area contributed by atoms with Crippen molar-refractivity contribution in [3.05, 3.63) is 53.9 Å². The van der Waals surface area contributed by atoms with Crippen LogP contribution in [-0.2, 0) is 4.74 Å². The number of hydrogen-bond acceptors (Lipinski definition) is 10. The molecule has 3 aromatic heterocycles. The summed E-state index contributed by atoms with van der Waals surface area (Å²) < 4.78 is 13.0. The first-order valence-corrected chi connectivity index (χ1v) is 14.0. The third-order valence-corrected chi connectivity index (χ3v) is 7.81. The van der Waals surface area contributed by atoms with Crippen molar-refractivity contribution in [2.45, 2.75) is 0 Å². The van der Waals surface area contributed by atoms with Gasteiger partial charge in [0.15, 0.2) is 5.13 Å². The quantitative estimate of drug-likeness (QED) is 0.305. The fourth-order valence-electron chi connectivity index (χ4n) is 4.86. The van der Waals surface area contributed by atoms with Crippen molar-refractivity contribution in [2.75, 3.05) is 75.9 Å². The van der Waals surface area contributed by atoms with E-state index in [0.717, 1.165) is 75.9 Å². The Balaban J connectivity index is 1.14. The molecule has 0 unspecified atom stereocenters. The van der Waals surface area contributed by atoms with Gasteiger partial charge in [0.25, 0.3) is 5.91 Å². The summed E-state index contributed by atoms with van der Waals surface area (Å²) in [7, 11) is 0. The molecule has 39 heavy (non-hydrogen) atoms. The van der Waals surface area contributed by atoms with Crippen LogP contribution in [0, 0.1) is 0 Å². The van der Waals surface area contributed by atoms with Crippen molar-refractivity contribution in [2.24, 2.45) is 0 Å². The van der Waals surface area contributed by atoms with Gasteiger partial charge >= 0.3 is 0 Å². The number of ether oxygens (including phenoxy) is 2. The van der Waals surface area contributed by atoms with Gasteiger partial charge in [0, 0.05) is 74.4 Å². The Kier molecular flexibility index (Phi) is 7.59. The summed E-state index contributed by atoms with van der Waals surface area (Å²) in [5, 5.41) is 20.9. The number of morpholine rings is 1. The molecule has 204 valence electrons. The van der Waals surface area contributed by atoms with Gasteiger partial charge in [-0.3, -0.25) is 19.2 Å². The lowest BCUT2D eigenvalue weighted by atomic mass is 10.2. The number of thiazole rings is 1. The summed E-state index contributed by atoms with van der Waals surface area (Å²) in [5.74, 6) is 0.484. The number of benzene rings is 1. The number of hydrogen-bond donors (Lipinski definition) is 3. The van der Waals surface area contributed by atoms with Crippen LogP contribution >= 0.6 is 11.3 Å². The third-order valence-electron chi connectivity index (χ3n) is 6.97. The molecule has 5 heterocycles. The summed E-state index contributed by atoms with van der Waals surface area (Å²) in [6.45, 7) is 8.29. The SMILES string of the molecule is O=C(Nc1cnccc1N1CCNCC1)c1csc(-n2cc3cc(OCCN4CCOCC4)ccc3c2O)n1. The lowest BCUT2D eigenvalue weighted by Gasteiger charge is -2.30. The Morgan fingerprint density at radius 1 is 1.18 bits per heavy atom. The van der Waals surface area contributed by atoms with Crippen LogP contribution in [0.1, 0.15) is 10.5 Å². The van der Waals surface area contributed by atoms with Crippen molar-refractivity contribution in [3.8, 4) is 16.8 Å². The highest BCUT2D eigenvalue weighted by atomic mass is 32.1. The predicted octanol–water partition coefficient (Wildman–Crippen LogP) is 2.56. The number of pyridine rings is 1. The summed E-state index contributed by atoms with van der Waals surface area (Å²) in [4.78, 5) is 26.3. The van der Waals surface area contributed by atoms with Gasteiger partial charge in [-0.05, 0) is 24.3 Å². The number of carbonyl (C=O) groups is 1. The largest absolute Gasteiger partial charge is 0.494 e. The van der Waals surface area contributed by atoms with E-state index in [9.17, 15) is 9.90 Å². The molecule has 12 heteroatoms. The Morgan fingerprint density at radius 3 is 2.87 bits per heavy atom. The van der Waals surface area contributed by atoms with E-state index in [1.807, 2.05) is 30.5 Å². The van der Waals surface area contributed by atoms with E-state index in [1.165, 1.54) is 11.3 Å². The van der Waals surface area contributed by atoms with Gasteiger partial charge in [-0.2, -0.15) is 0 Å². The number of piperazine rings is 1. The molecule has 0 aliphatic carbocycles. The van der Waals surface area contributed by atoms with E-state index in [2.05, 4.69) is 30.4 Å². The zero-order valence-corrected chi connectivity index (χ0v) is 22.3. The number of anilines is 2. The minimum absolute atomic E-state index is 0.0689. The van der Waals surface area contributed by atoms with Gasteiger partial charge in [0.2, 0.25) is 5.88 Å². The highest BCUT2D eigenvalue weighted by Crippen LogP contribution is 2.34. The molecule has 0 atom stereocenters. The van der Waals surface area contributed by atoms with Crippen LogP contribution in [0.25, 0.3) is 15.9 Å². The highest BCUT2D eigenvalue weighted by molar-refractivity contribution is 7.12. The van der Waals surface area contributed by atoms with Gasteiger partial charge in [-0.25, -0.2) is 4.98 Å². The zero-order chi connectivity index (χ0) is 26.6. The second-order valence-corrected chi connectivity index (χ2v) is 10.3. The van der Waals surface area contributed by atoms with E-state index in [4.69, 9.17) is 9.47 Å². The Labute approximate surface area is 230 Å². The smallest absolute Gasteiger partial charge is 0.275 e. The van der Waals surface area contributed by atoms with Gasteiger partial charge in [0.05, 0.1) is 30.8 Å². The van der Waals surface area contributed by atoms with Crippen molar-refractivity contribution >= 4 is 39.4 Å². The molecule has 0 saturated carbocycles. The average molecular weight is 550 g/mol. The maximum atomic E-state index is 13.1. The number of rotatable bonds is 8. The van der Waals surface area contributed by atoms with Gasteiger partial charge < -0.3 is 30.1 Å². The molecule has 11 nitrogen and oxygen atoms in total. The predicted molar refractivity (Wildman–Crippen MR) is 151 cm³/mol. The first-order chi connectivity index (χ1) is 19.2. The van der Waals surface area contributed by atoms with Crippen molar-refractivity contribution < 1.29 is 19.4 Å². The number of carbonyl (C=O) groups excluding carboxylic acids is 1. The molecule has 3 N–H and O–H groups in total. The number of nitrogens with zero attached hydrogens (tertiary/aromatic N) is 5. The zero-order valence-electron chi connectivity index (χ0n) is 21.5. The van der Waals surface area contributed by atoms with Crippen LogP contribution in [0.15, 0.2) is 48.2 Å². The number of amides is 1. The van der Waals surface area contributed by atoms with Crippen LogP contribution in [0.3, 0.4) is 0 Å². The lowest BCUT2D eigenvalue weighted by molar-refractivity contribution is 0.0322. The highest BCUT2D eigenvalue weighted by Gasteiger charge is 2.20. The maximum Gasteiger partial charge on any atom is 0.275 e. The standard InChI is InChI=1S/C27H31N7O4S/c35-25(30-22-16-29-4-3-24(22)33-7-5-28-6-8-33)23-18-39-27(31-23)34-17-19-15-20(1-2-21(19)26(34)36)38-14-11-32-9-12-37-13-10-32/h1-4,15-18,28,36H,5-14H2,(H,30,35). The van der Waals surface area contributed by atoms with Gasteiger partial charge in [0.1, 0.15) is 18.1 Å². The Hall–Kier alpha value is -3.71. The Morgan fingerprint density at radius 2 is 2.03 bits per heavy atom. The topological polar surface area (TPSA) is 117 Å². The number of fused-ring (bicyclic) bond motifs is 1. The molecule has 0 radical (unpaired) electrons. The monoisotopic (exact) mass is 549 g/mol. The van der Waals surface area contributed by atoms with Crippen LogP contribution in [0.5, 0.6) is 11.6 Å². The minimum Gasteiger partial charge on any atom is -0.494 e. The molecule has 0 bridgehead atoms.